The van der Waals surface area contributed by atoms with Crippen LogP contribution in [0.5, 0.6) is 0 Å². The second kappa shape index (κ2) is 8.81. The third-order valence-electron chi connectivity index (χ3n) is 4.05. The predicted molar refractivity (Wildman–Crippen MR) is 108 cm³/mol. The number of hydrogen-bond acceptors (Lipinski definition) is 5. The second-order valence-electron chi connectivity index (χ2n) is 6.05. The number of rotatable bonds is 7. The summed E-state index contributed by atoms with van der Waals surface area (Å²) in [6.45, 7) is 5.24. The van der Waals surface area contributed by atoms with E-state index in [1.54, 1.807) is 19.2 Å². The quantitative estimate of drug-likeness (QED) is 0.418. The summed E-state index contributed by atoms with van der Waals surface area (Å²) in [4.78, 5) is 16.5. The Hall–Kier alpha value is -2.67. The molecule has 27 heavy (non-hydrogen) atoms. The lowest BCUT2D eigenvalue weighted by molar-refractivity contribution is 0.0525. The van der Waals surface area contributed by atoms with Crippen LogP contribution in [0.15, 0.2) is 54.9 Å². The van der Waals surface area contributed by atoms with E-state index >= 15 is 0 Å². The normalized spacial score (nSPS) is 10.6. The number of ether oxygens (including phenoxy) is 1. The van der Waals surface area contributed by atoms with Crippen molar-refractivity contribution >= 4 is 27.9 Å². The third-order valence-corrected chi connectivity index (χ3v) is 4.64. The van der Waals surface area contributed by atoms with Crippen molar-refractivity contribution in [2.75, 3.05) is 10.5 Å². The highest BCUT2D eigenvalue weighted by atomic mass is 79.9. The molecule has 0 saturated carbocycles. The lowest BCUT2D eigenvalue weighted by Gasteiger charge is -2.15. The Morgan fingerprint density at radius 3 is 2.81 bits per heavy atom. The summed E-state index contributed by atoms with van der Waals surface area (Å²) in [7, 11) is 0. The maximum absolute atomic E-state index is 12.1. The first-order valence-corrected chi connectivity index (χ1v) is 9.41. The first-order valence-electron chi connectivity index (χ1n) is 8.70. The second-order valence-corrected chi connectivity index (χ2v) is 6.90. The van der Waals surface area contributed by atoms with Crippen molar-refractivity contribution in [3.63, 3.8) is 0 Å². The Balaban J connectivity index is 1.72. The van der Waals surface area contributed by atoms with Gasteiger partial charge in [-0.2, -0.15) is 5.10 Å². The van der Waals surface area contributed by atoms with Crippen LogP contribution < -0.4 is 3.93 Å². The van der Waals surface area contributed by atoms with Crippen LogP contribution in [-0.2, 0) is 17.8 Å². The van der Waals surface area contributed by atoms with Gasteiger partial charge in [0.15, 0.2) is 0 Å². The van der Waals surface area contributed by atoms with E-state index < -0.39 is 0 Å². The molecule has 0 N–H and O–H groups in total. The largest absolute Gasteiger partial charge is 0.462 e. The molecule has 6 nitrogen and oxygen atoms in total. The zero-order valence-electron chi connectivity index (χ0n) is 15.3. The van der Waals surface area contributed by atoms with Crippen molar-refractivity contribution in [1.82, 2.24) is 14.8 Å². The Labute approximate surface area is 167 Å². The van der Waals surface area contributed by atoms with E-state index in [1.807, 2.05) is 58.1 Å². The average Bonchev–Trinajstić information content (AvgIpc) is 3.09. The van der Waals surface area contributed by atoms with Crippen LogP contribution in [0.1, 0.15) is 34.1 Å². The van der Waals surface area contributed by atoms with Gasteiger partial charge in [0.2, 0.25) is 0 Å². The molecule has 0 amide bonds. The third kappa shape index (κ3) is 4.74. The van der Waals surface area contributed by atoms with Crippen LogP contribution in [0.3, 0.4) is 0 Å². The summed E-state index contributed by atoms with van der Waals surface area (Å²) in [5.74, 6) is 0.553. The van der Waals surface area contributed by atoms with Gasteiger partial charge in [-0.15, -0.1) is 0 Å². The van der Waals surface area contributed by atoms with E-state index in [0.717, 1.165) is 22.6 Å². The van der Waals surface area contributed by atoms with Crippen molar-refractivity contribution in [2.45, 2.75) is 26.9 Å². The fourth-order valence-corrected chi connectivity index (χ4v) is 3.39. The summed E-state index contributed by atoms with van der Waals surface area (Å²) in [5.41, 5.74) is 3.42. The molecule has 0 atom stereocenters. The number of halogens is 1. The average molecular weight is 429 g/mol. The van der Waals surface area contributed by atoms with E-state index in [0.29, 0.717) is 25.3 Å². The Morgan fingerprint density at radius 2 is 2.04 bits per heavy atom. The van der Waals surface area contributed by atoms with Crippen LogP contribution >= 0.6 is 16.1 Å². The zero-order chi connectivity index (χ0) is 19.2. The number of esters is 1. The van der Waals surface area contributed by atoms with Crippen molar-refractivity contribution in [1.29, 1.82) is 0 Å². The monoisotopic (exact) mass is 428 g/mol. The van der Waals surface area contributed by atoms with Crippen LogP contribution in [0.25, 0.3) is 0 Å². The van der Waals surface area contributed by atoms with Crippen molar-refractivity contribution in [3.8, 4) is 0 Å². The number of carbonyl (C=O) groups excluding carboxylic acids is 1. The topological polar surface area (TPSA) is 60.2 Å². The minimum atomic E-state index is -0.308. The molecule has 3 rings (SSSR count). The van der Waals surface area contributed by atoms with Crippen LogP contribution in [0, 0.1) is 6.92 Å². The lowest BCUT2D eigenvalue weighted by Crippen LogP contribution is -2.13. The number of benzene rings is 1. The molecule has 3 aromatic rings. The summed E-state index contributed by atoms with van der Waals surface area (Å²) < 4.78 is 8.85. The Kier molecular flexibility index (Phi) is 6.24. The maximum atomic E-state index is 12.1. The van der Waals surface area contributed by atoms with Gasteiger partial charge in [-0.1, -0.05) is 24.3 Å². The molecule has 0 bridgehead atoms. The highest BCUT2D eigenvalue weighted by Gasteiger charge is 2.14. The van der Waals surface area contributed by atoms with Crippen molar-refractivity contribution in [2.24, 2.45) is 0 Å². The first kappa shape index (κ1) is 19.1. The van der Waals surface area contributed by atoms with Crippen LogP contribution in [-0.4, -0.2) is 27.3 Å². The summed E-state index contributed by atoms with van der Waals surface area (Å²) in [5, 5.41) is 4.61. The number of pyridine rings is 1. The van der Waals surface area contributed by atoms with Gasteiger partial charge in [0.1, 0.15) is 5.82 Å². The fraction of sp³-hybridized carbons (Fsp3) is 0.250. The van der Waals surface area contributed by atoms with E-state index in [-0.39, 0.29) is 5.97 Å². The van der Waals surface area contributed by atoms with Gasteiger partial charge in [-0.3, -0.25) is 8.61 Å². The smallest absolute Gasteiger partial charge is 0.338 e. The molecule has 1 aromatic carbocycles. The molecule has 0 spiro atoms. The Bertz CT molecular complexity index is 926. The maximum Gasteiger partial charge on any atom is 0.338 e. The number of anilines is 1. The minimum absolute atomic E-state index is 0.308. The molecule has 0 fully saturated rings. The first-order chi connectivity index (χ1) is 13.1. The molecule has 140 valence electrons. The SMILES string of the molecule is CCOC(=O)c1ccccc1Cn1ccc(CN(Br)c2ncccc2C)n1. The number of nitrogens with zero attached hydrogens (tertiary/aromatic N) is 4. The molecule has 0 radical (unpaired) electrons. The Morgan fingerprint density at radius 1 is 1.22 bits per heavy atom. The molecule has 2 heterocycles. The van der Waals surface area contributed by atoms with Gasteiger partial charge in [0, 0.05) is 12.4 Å². The highest BCUT2D eigenvalue weighted by molar-refractivity contribution is 9.10. The van der Waals surface area contributed by atoms with Crippen LogP contribution in [0.2, 0.25) is 0 Å². The molecule has 0 aliphatic carbocycles. The standard InChI is InChI=1S/C20H21BrN4O2/c1-3-27-20(26)18-9-5-4-8-16(18)13-24-12-10-17(23-24)14-25(21)19-15(2)7-6-11-22-19/h4-12H,3,13-14H2,1-2H3. The van der Waals surface area contributed by atoms with Gasteiger partial charge in [0.05, 0.1) is 47.1 Å². The van der Waals surface area contributed by atoms with Crippen LogP contribution in [0.4, 0.5) is 5.82 Å². The number of hydrogen-bond donors (Lipinski definition) is 0. The molecule has 7 heteroatoms. The van der Waals surface area contributed by atoms with E-state index in [2.05, 4.69) is 26.2 Å². The highest BCUT2D eigenvalue weighted by Crippen LogP contribution is 2.21. The van der Waals surface area contributed by atoms with Gasteiger partial charge >= 0.3 is 5.97 Å². The molecule has 0 aliphatic rings. The summed E-state index contributed by atoms with van der Waals surface area (Å²) in [6, 6.07) is 13.3. The van der Waals surface area contributed by atoms with Gasteiger partial charge < -0.3 is 4.74 Å². The molecule has 2 aromatic heterocycles. The van der Waals surface area contributed by atoms with Gasteiger partial charge in [-0.25, -0.2) is 9.78 Å². The molecule has 0 saturated heterocycles. The zero-order valence-corrected chi connectivity index (χ0v) is 16.9. The number of aryl methyl sites for hydroxylation is 1. The van der Waals surface area contributed by atoms with Gasteiger partial charge in [-0.05, 0) is 43.2 Å². The van der Waals surface area contributed by atoms with Crippen molar-refractivity contribution in [3.05, 3.63) is 77.2 Å². The number of carbonyl (C=O) groups is 1. The molecule has 0 aliphatic heterocycles. The van der Waals surface area contributed by atoms with Crippen molar-refractivity contribution < 1.29 is 9.53 Å². The molecular weight excluding hydrogens is 408 g/mol. The predicted octanol–water partition coefficient (Wildman–Crippen LogP) is 4.13. The lowest BCUT2D eigenvalue weighted by atomic mass is 10.1. The van der Waals surface area contributed by atoms with E-state index in [9.17, 15) is 4.79 Å². The minimum Gasteiger partial charge on any atom is -0.462 e. The summed E-state index contributed by atoms with van der Waals surface area (Å²) in [6.07, 6.45) is 3.67. The van der Waals surface area contributed by atoms with E-state index in [1.165, 1.54) is 0 Å². The van der Waals surface area contributed by atoms with Gasteiger partial charge in [0.25, 0.3) is 0 Å². The molecule has 0 unspecified atom stereocenters. The number of aromatic nitrogens is 3. The van der Waals surface area contributed by atoms with E-state index in [4.69, 9.17) is 4.74 Å². The summed E-state index contributed by atoms with van der Waals surface area (Å²) >= 11 is 3.56. The fourth-order valence-electron chi connectivity index (χ4n) is 2.77. The molecular formula is C20H21BrN4O2.